The van der Waals surface area contributed by atoms with Gasteiger partial charge in [0, 0.05) is 17.8 Å². The van der Waals surface area contributed by atoms with Crippen LogP contribution in [0.25, 0.3) is 0 Å². The number of nitrogens with zero attached hydrogens (tertiary/aromatic N) is 1. The lowest BCUT2D eigenvalue weighted by Crippen LogP contribution is -2.51. The third kappa shape index (κ3) is 3.57. The monoisotopic (exact) mass is 352 g/mol. The Morgan fingerprint density at radius 2 is 1.77 bits per heavy atom. The summed E-state index contributed by atoms with van der Waals surface area (Å²) in [6.07, 6.45) is 0.846. The van der Waals surface area contributed by atoms with Gasteiger partial charge in [0.2, 0.25) is 5.91 Å². The van der Waals surface area contributed by atoms with Crippen molar-refractivity contribution in [2.45, 2.75) is 26.3 Å². The summed E-state index contributed by atoms with van der Waals surface area (Å²) in [4.78, 5) is 27.5. The smallest absolute Gasteiger partial charge is 0.251 e. The number of rotatable bonds is 5. The minimum Gasteiger partial charge on any atom is -0.497 e. The Balaban J connectivity index is 1.76. The van der Waals surface area contributed by atoms with E-state index < -0.39 is 6.04 Å². The quantitative estimate of drug-likeness (QED) is 0.900. The Bertz CT molecular complexity index is 799. The van der Waals surface area contributed by atoms with Crippen LogP contribution in [0, 0.1) is 5.92 Å². The van der Waals surface area contributed by atoms with E-state index in [4.69, 9.17) is 4.74 Å². The summed E-state index contributed by atoms with van der Waals surface area (Å²) in [5.74, 6) is 0.350. The molecule has 0 spiro atoms. The van der Waals surface area contributed by atoms with Gasteiger partial charge in [-0.3, -0.25) is 9.59 Å². The number of ether oxygens (including phenoxy) is 1. The number of methoxy groups -OCH3 is 1. The Morgan fingerprint density at radius 1 is 1.08 bits per heavy atom. The first-order valence-corrected chi connectivity index (χ1v) is 8.85. The molecule has 2 aromatic rings. The molecule has 1 atom stereocenters. The number of benzene rings is 2. The van der Waals surface area contributed by atoms with Crippen molar-refractivity contribution in [2.75, 3.05) is 18.6 Å². The first kappa shape index (κ1) is 18.0. The summed E-state index contributed by atoms with van der Waals surface area (Å²) >= 11 is 0. The van der Waals surface area contributed by atoms with Gasteiger partial charge in [0.1, 0.15) is 11.8 Å². The van der Waals surface area contributed by atoms with E-state index in [1.165, 1.54) is 5.56 Å². The normalized spacial score (nSPS) is 14.1. The van der Waals surface area contributed by atoms with Crippen LogP contribution in [0.2, 0.25) is 0 Å². The van der Waals surface area contributed by atoms with E-state index in [0.29, 0.717) is 17.9 Å². The molecule has 0 unspecified atom stereocenters. The maximum atomic E-state index is 13.1. The van der Waals surface area contributed by atoms with Crippen LogP contribution >= 0.6 is 0 Å². The molecule has 2 aromatic carbocycles. The summed E-state index contributed by atoms with van der Waals surface area (Å²) < 4.78 is 5.11. The highest BCUT2D eigenvalue weighted by Crippen LogP contribution is 2.28. The second-order valence-electron chi connectivity index (χ2n) is 6.79. The fourth-order valence-electron chi connectivity index (χ4n) is 3.22. The molecule has 2 amide bonds. The topological polar surface area (TPSA) is 58.6 Å². The number of hydrogen-bond donors (Lipinski definition) is 1. The molecular formula is C21H24N2O3. The largest absolute Gasteiger partial charge is 0.497 e. The minimum absolute atomic E-state index is 0.0162. The van der Waals surface area contributed by atoms with Crippen LogP contribution in [0.4, 0.5) is 5.69 Å². The van der Waals surface area contributed by atoms with E-state index in [-0.39, 0.29) is 17.7 Å². The first-order valence-electron chi connectivity index (χ1n) is 8.85. The number of fused-ring (bicyclic) bond motifs is 1. The van der Waals surface area contributed by atoms with Crippen molar-refractivity contribution in [1.82, 2.24) is 5.32 Å². The predicted molar refractivity (Wildman–Crippen MR) is 102 cm³/mol. The molecule has 0 saturated heterocycles. The maximum absolute atomic E-state index is 13.1. The van der Waals surface area contributed by atoms with E-state index in [2.05, 4.69) is 5.32 Å². The van der Waals surface area contributed by atoms with Gasteiger partial charge in [-0.15, -0.1) is 0 Å². The van der Waals surface area contributed by atoms with Gasteiger partial charge in [0.25, 0.3) is 5.91 Å². The number of anilines is 1. The average Bonchev–Trinajstić information content (AvgIpc) is 3.09. The molecule has 26 heavy (non-hydrogen) atoms. The van der Waals surface area contributed by atoms with Crippen molar-refractivity contribution in [2.24, 2.45) is 5.92 Å². The number of hydrogen-bond acceptors (Lipinski definition) is 3. The van der Waals surface area contributed by atoms with Crippen molar-refractivity contribution in [1.29, 1.82) is 0 Å². The van der Waals surface area contributed by atoms with Crippen molar-refractivity contribution in [3.8, 4) is 5.75 Å². The molecule has 0 radical (unpaired) electrons. The van der Waals surface area contributed by atoms with Gasteiger partial charge in [-0.2, -0.15) is 0 Å². The number of nitrogens with one attached hydrogen (secondary N) is 1. The lowest BCUT2D eigenvalue weighted by Gasteiger charge is -2.27. The summed E-state index contributed by atoms with van der Waals surface area (Å²) in [5, 5.41) is 2.91. The highest BCUT2D eigenvalue weighted by atomic mass is 16.5. The Labute approximate surface area is 154 Å². The van der Waals surface area contributed by atoms with Crippen molar-refractivity contribution >= 4 is 17.5 Å². The predicted octanol–water partition coefficient (Wildman–Crippen LogP) is 3.04. The van der Waals surface area contributed by atoms with Gasteiger partial charge < -0.3 is 15.0 Å². The van der Waals surface area contributed by atoms with Crippen LogP contribution in [-0.4, -0.2) is 31.5 Å². The third-order valence-electron chi connectivity index (χ3n) is 4.72. The SMILES string of the molecule is COc1ccc(C(=O)N[C@@H](C(=O)N2CCc3ccccc32)C(C)C)cc1. The van der Waals surface area contributed by atoms with Crippen molar-refractivity contribution in [3.05, 3.63) is 59.7 Å². The van der Waals surface area contributed by atoms with E-state index in [1.807, 2.05) is 38.1 Å². The molecule has 136 valence electrons. The molecular weight excluding hydrogens is 328 g/mol. The van der Waals surface area contributed by atoms with E-state index >= 15 is 0 Å². The molecule has 5 heteroatoms. The zero-order valence-corrected chi connectivity index (χ0v) is 15.4. The minimum atomic E-state index is -0.573. The fraction of sp³-hybridized carbons (Fsp3) is 0.333. The first-order chi connectivity index (χ1) is 12.5. The summed E-state index contributed by atoms with van der Waals surface area (Å²) in [5.41, 5.74) is 2.62. The van der Waals surface area contributed by atoms with E-state index in [9.17, 15) is 9.59 Å². The van der Waals surface area contributed by atoms with Crippen molar-refractivity contribution in [3.63, 3.8) is 0 Å². The van der Waals surface area contributed by atoms with Crippen LogP contribution in [0.15, 0.2) is 48.5 Å². The second kappa shape index (κ2) is 7.60. The summed E-state index contributed by atoms with van der Waals surface area (Å²) in [7, 11) is 1.58. The standard InChI is InChI=1S/C21H24N2O3/c1-14(2)19(22-20(24)16-8-10-17(26-3)11-9-16)21(25)23-13-12-15-6-4-5-7-18(15)23/h4-11,14,19H,12-13H2,1-3H3,(H,22,24)/t19-/m1/s1. The Hall–Kier alpha value is -2.82. The van der Waals surface area contributed by atoms with Gasteiger partial charge in [0.15, 0.2) is 0 Å². The molecule has 0 aliphatic carbocycles. The van der Waals surface area contributed by atoms with E-state index in [0.717, 1.165) is 12.1 Å². The molecule has 0 saturated carbocycles. The molecule has 0 fully saturated rings. The van der Waals surface area contributed by atoms with Gasteiger partial charge in [-0.05, 0) is 48.2 Å². The zero-order chi connectivity index (χ0) is 18.7. The number of amides is 2. The molecule has 3 rings (SSSR count). The molecule has 0 bridgehead atoms. The molecule has 1 heterocycles. The average molecular weight is 352 g/mol. The van der Waals surface area contributed by atoms with Crippen LogP contribution in [0.5, 0.6) is 5.75 Å². The number of para-hydroxylation sites is 1. The zero-order valence-electron chi connectivity index (χ0n) is 15.4. The van der Waals surface area contributed by atoms with Gasteiger partial charge in [0.05, 0.1) is 7.11 Å². The Kier molecular flexibility index (Phi) is 5.26. The summed E-state index contributed by atoms with van der Waals surface area (Å²) in [6, 6.07) is 14.2. The molecule has 5 nitrogen and oxygen atoms in total. The molecule has 1 aliphatic heterocycles. The summed E-state index contributed by atoms with van der Waals surface area (Å²) in [6.45, 7) is 4.54. The van der Waals surface area contributed by atoms with Crippen LogP contribution < -0.4 is 15.0 Å². The molecule has 1 N–H and O–H groups in total. The molecule has 1 aliphatic rings. The number of carbonyl (C=O) groups excluding carboxylic acids is 2. The maximum Gasteiger partial charge on any atom is 0.251 e. The lowest BCUT2D eigenvalue weighted by molar-refractivity contribution is -0.121. The third-order valence-corrected chi connectivity index (χ3v) is 4.72. The van der Waals surface area contributed by atoms with Gasteiger partial charge >= 0.3 is 0 Å². The van der Waals surface area contributed by atoms with E-state index in [1.54, 1.807) is 36.3 Å². The van der Waals surface area contributed by atoms with Crippen LogP contribution in [0.1, 0.15) is 29.8 Å². The van der Waals surface area contributed by atoms with Crippen molar-refractivity contribution < 1.29 is 14.3 Å². The van der Waals surface area contributed by atoms with Crippen LogP contribution in [-0.2, 0) is 11.2 Å². The second-order valence-corrected chi connectivity index (χ2v) is 6.79. The van der Waals surface area contributed by atoms with Gasteiger partial charge in [-0.25, -0.2) is 0 Å². The Morgan fingerprint density at radius 3 is 2.42 bits per heavy atom. The van der Waals surface area contributed by atoms with Crippen LogP contribution in [0.3, 0.4) is 0 Å². The highest BCUT2D eigenvalue weighted by Gasteiger charge is 2.32. The highest BCUT2D eigenvalue weighted by molar-refractivity contribution is 6.03. The lowest BCUT2D eigenvalue weighted by atomic mass is 10.0. The molecule has 0 aromatic heterocycles. The van der Waals surface area contributed by atoms with Gasteiger partial charge in [-0.1, -0.05) is 32.0 Å². The number of carbonyl (C=O) groups is 2. The fourth-order valence-corrected chi connectivity index (χ4v) is 3.22.